The molecule has 2 aromatic rings. The first kappa shape index (κ1) is 21.1. The molecule has 1 amide bonds. The Hall–Kier alpha value is -2.58. The van der Waals surface area contributed by atoms with Crippen LogP contribution in [0.1, 0.15) is 29.8 Å². The van der Waals surface area contributed by atoms with Crippen LogP contribution in [0.2, 0.25) is 0 Å². The summed E-state index contributed by atoms with van der Waals surface area (Å²) < 4.78 is 6.52. The molecular formula is C21H19BrN2O4S. The van der Waals surface area contributed by atoms with Crippen molar-refractivity contribution in [1.82, 2.24) is 4.90 Å². The Balaban J connectivity index is 1.86. The number of benzene rings is 2. The summed E-state index contributed by atoms with van der Waals surface area (Å²) in [5, 5.41) is 9.61. The van der Waals surface area contributed by atoms with E-state index in [4.69, 9.17) is 9.84 Å². The fourth-order valence-corrected chi connectivity index (χ4v) is 4.06. The zero-order chi connectivity index (χ0) is 21.1. The Morgan fingerprint density at radius 2 is 2.03 bits per heavy atom. The van der Waals surface area contributed by atoms with E-state index in [9.17, 15) is 9.59 Å². The second-order valence-corrected chi connectivity index (χ2v) is 8.44. The fraction of sp³-hybridized carbons (Fsp3) is 0.190. The Kier molecular flexibility index (Phi) is 6.44. The van der Waals surface area contributed by atoms with Crippen LogP contribution in [-0.4, -0.2) is 40.2 Å². The monoisotopic (exact) mass is 474 g/mol. The molecule has 0 aromatic heterocycles. The average molecular weight is 475 g/mol. The first-order valence-electron chi connectivity index (χ1n) is 8.80. The molecular weight excluding hydrogens is 456 g/mol. The van der Waals surface area contributed by atoms with Gasteiger partial charge in [-0.25, -0.2) is 9.79 Å². The Labute approximate surface area is 181 Å². The predicted octanol–water partition coefficient (Wildman–Crippen LogP) is 5.17. The molecule has 2 aromatic carbocycles. The zero-order valence-electron chi connectivity index (χ0n) is 16.0. The molecule has 6 nitrogen and oxygen atoms in total. The summed E-state index contributed by atoms with van der Waals surface area (Å²) in [5.41, 5.74) is 1.48. The number of hydrogen-bond donors (Lipinski definition) is 1. The minimum Gasteiger partial charge on any atom is -0.490 e. The van der Waals surface area contributed by atoms with Crippen LogP contribution in [0.5, 0.6) is 5.75 Å². The van der Waals surface area contributed by atoms with E-state index >= 15 is 0 Å². The van der Waals surface area contributed by atoms with Gasteiger partial charge < -0.3 is 9.84 Å². The maximum atomic E-state index is 12.6. The fourth-order valence-electron chi connectivity index (χ4n) is 2.58. The van der Waals surface area contributed by atoms with Crippen LogP contribution in [0.3, 0.4) is 0 Å². The van der Waals surface area contributed by atoms with Gasteiger partial charge in [0, 0.05) is 7.05 Å². The molecule has 1 heterocycles. The Morgan fingerprint density at radius 3 is 2.69 bits per heavy atom. The largest absolute Gasteiger partial charge is 0.490 e. The van der Waals surface area contributed by atoms with E-state index in [1.165, 1.54) is 28.8 Å². The van der Waals surface area contributed by atoms with Crippen LogP contribution in [-0.2, 0) is 4.79 Å². The Bertz CT molecular complexity index is 1030. The number of carboxylic acids is 1. The second kappa shape index (κ2) is 8.84. The van der Waals surface area contributed by atoms with E-state index in [2.05, 4.69) is 20.9 Å². The lowest BCUT2D eigenvalue weighted by molar-refractivity contribution is -0.121. The Morgan fingerprint density at radius 1 is 1.28 bits per heavy atom. The van der Waals surface area contributed by atoms with Crippen molar-refractivity contribution < 1.29 is 19.4 Å². The van der Waals surface area contributed by atoms with E-state index in [0.717, 1.165) is 15.8 Å². The molecule has 150 valence electrons. The number of hydrogen-bond acceptors (Lipinski definition) is 5. The van der Waals surface area contributed by atoms with E-state index in [1.54, 1.807) is 25.3 Å². The van der Waals surface area contributed by atoms with Crippen molar-refractivity contribution in [2.45, 2.75) is 20.0 Å². The van der Waals surface area contributed by atoms with Gasteiger partial charge in [0.1, 0.15) is 5.75 Å². The molecule has 1 aliphatic heterocycles. The molecule has 3 rings (SSSR count). The van der Waals surface area contributed by atoms with E-state index in [0.29, 0.717) is 15.8 Å². The van der Waals surface area contributed by atoms with Gasteiger partial charge in [-0.2, -0.15) is 0 Å². The predicted molar refractivity (Wildman–Crippen MR) is 119 cm³/mol. The summed E-state index contributed by atoms with van der Waals surface area (Å²) in [4.78, 5) is 30.2. The molecule has 1 fully saturated rings. The normalized spacial score (nSPS) is 16.9. The number of aliphatic imine (C=N–C) groups is 1. The van der Waals surface area contributed by atoms with Gasteiger partial charge in [-0.3, -0.25) is 9.69 Å². The molecule has 0 saturated carbocycles. The highest BCUT2D eigenvalue weighted by Gasteiger charge is 2.30. The highest BCUT2D eigenvalue weighted by atomic mass is 79.9. The number of carbonyl (C=O) groups excluding carboxylic acids is 1. The quantitative estimate of drug-likeness (QED) is 0.604. The van der Waals surface area contributed by atoms with Crippen molar-refractivity contribution in [2.75, 3.05) is 7.05 Å². The van der Waals surface area contributed by atoms with Crippen LogP contribution in [0.15, 0.2) is 56.8 Å². The summed E-state index contributed by atoms with van der Waals surface area (Å²) >= 11 is 4.74. The topological polar surface area (TPSA) is 79.2 Å². The third kappa shape index (κ3) is 5.07. The number of rotatable bonds is 5. The number of halogens is 1. The van der Waals surface area contributed by atoms with Gasteiger partial charge in [0.2, 0.25) is 0 Å². The number of thioether (sulfide) groups is 1. The molecule has 0 aliphatic carbocycles. The first-order valence-corrected chi connectivity index (χ1v) is 10.4. The van der Waals surface area contributed by atoms with Crippen LogP contribution in [0, 0.1) is 0 Å². The van der Waals surface area contributed by atoms with E-state index in [1.807, 2.05) is 32.0 Å². The molecule has 0 atom stereocenters. The zero-order valence-corrected chi connectivity index (χ0v) is 18.5. The summed E-state index contributed by atoms with van der Waals surface area (Å²) in [7, 11) is 1.64. The smallest absolute Gasteiger partial charge is 0.335 e. The summed E-state index contributed by atoms with van der Waals surface area (Å²) in [5.74, 6) is -0.446. The lowest BCUT2D eigenvalue weighted by Gasteiger charge is -2.11. The van der Waals surface area contributed by atoms with E-state index < -0.39 is 5.97 Å². The lowest BCUT2D eigenvalue weighted by atomic mass is 10.2. The van der Waals surface area contributed by atoms with Crippen LogP contribution in [0.25, 0.3) is 6.08 Å². The number of amidine groups is 1. The van der Waals surface area contributed by atoms with Gasteiger partial charge in [-0.15, -0.1) is 0 Å². The molecule has 0 radical (unpaired) electrons. The van der Waals surface area contributed by atoms with Crippen molar-refractivity contribution in [2.24, 2.45) is 4.99 Å². The van der Waals surface area contributed by atoms with Crippen molar-refractivity contribution in [3.63, 3.8) is 0 Å². The standard InChI is InChI=1S/C21H19BrN2O4S/c1-12(2)28-17-8-7-13(9-16(17)22)10-18-19(25)24(3)21(29-18)23-15-6-4-5-14(11-15)20(26)27/h4-12H,1-3H3,(H,26,27)/b18-10+,23-21?. The minimum atomic E-state index is -1.02. The van der Waals surface area contributed by atoms with Crippen molar-refractivity contribution in [3.05, 3.63) is 63.0 Å². The summed E-state index contributed by atoms with van der Waals surface area (Å²) in [6.45, 7) is 3.91. The van der Waals surface area contributed by atoms with Gasteiger partial charge in [0.15, 0.2) is 5.17 Å². The molecule has 0 spiro atoms. The first-order chi connectivity index (χ1) is 13.7. The molecule has 0 unspecified atom stereocenters. The van der Waals surface area contributed by atoms with Gasteiger partial charge in [0.25, 0.3) is 5.91 Å². The highest BCUT2D eigenvalue weighted by Crippen LogP contribution is 2.34. The number of aromatic carboxylic acids is 1. The summed E-state index contributed by atoms with van der Waals surface area (Å²) in [6.07, 6.45) is 1.86. The highest BCUT2D eigenvalue weighted by molar-refractivity contribution is 9.10. The minimum absolute atomic E-state index is 0.0644. The van der Waals surface area contributed by atoms with Gasteiger partial charge in [-0.05, 0) is 83.5 Å². The number of likely N-dealkylation sites (N-methyl/N-ethyl adjacent to an activating group) is 1. The summed E-state index contributed by atoms with van der Waals surface area (Å²) in [6, 6.07) is 11.9. The van der Waals surface area contributed by atoms with E-state index in [-0.39, 0.29) is 17.6 Å². The van der Waals surface area contributed by atoms with Crippen LogP contribution in [0.4, 0.5) is 5.69 Å². The van der Waals surface area contributed by atoms with Crippen molar-refractivity contribution in [3.8, 4) is 5.75 Å². The molecule has 8 heteroatoms. The number of carbonyl (C=O) groups is 2. The number of nitrogens with zero attached hydrogens (tertiary/aromatic N) is 2. The average Bonchev–Trinajstić information content (AvgIpc) is 2.92. The van der Waals surface area contributed by atoms with Crippen molar-refractivity contribution >= 4 is 56.5 Å². The molecule has 1 aliphatic rings. The second-order valence-electron chi connectivity index (χ2n) is 6.58. The maximum absolute atomic E-state index is 12.6. The molecule has 29 heavy (non-hydrogen) atoms. The number of carboxylic acid groups (broad SMARTS) is 1. The molecule has 1 N–H and O–H groups in total. The van der Waals surface area contributed by atoms with Gasteiger partial charge in [0.05, 0.1) is 26.7 Å². The van der Waals surface area contributed by atoms with Gasteiger partial charge >= 0.3 is 5.97 Å². The third-order valence-corrected chi connectivity index (χ3v) is 5.62. The van der Waals surface area contributed by atoms with Crippen LogP contribution < -0.4 is 4.74 Å². The SMILES string of the molecule is CC(C)Oc1ccc(/C=C2/SC(=Nc3cccc(C(=O)O)c3)N(C)C2=O)cc1Br. The van der Waals surface area contributed by atoms with Crippen LogP contribution >= 0.6 is 27.7 Å². The number of ether oxygens (including phenoxy) is 1. The third-order valence-electron chi connectivity index (χ3n) is 3.94. The molecule has 0 bridgehead atoms. The number of amides is 1. The van der Waals surface area contributed by atoms with Gasteiger partial charge in [-0.1, -0.05) is 12.1 Å². The molecule has 1 saturated heterocycles. The lowest BCUT2D eigenvalue weighted by Crippen LogP contribution is -2.23. The maximum Gasteiger partial charge on any atom is 0.335 e. The van der Waals surface area contributed by atoms with Crippen molar-refractivity contribution in [1.29, 1.82) is 0 Å².